The number of nitrogens with one attached hydrogen (secondary N) is 1. The molecule has 96 valence electrons. The molecule has 0 aliphatic rings. The standard InChI is InChI=1S/C14H12N2O3/c1-2-5-11(13(15)17)16-14(18)10-8-19-12-7-4-3-6-9(10)12/h1,3-4,6-8,11H,5H2,(H2,15,17)(H,16,18)/t11-/m0/s1. The molecular weight excluding hydrogens is 244 g/mol. The number of nitrogens with two attached hydrogens (primary N) is 1. The van der Waals surface area contributed by atoms with Crippen LogP contribution in [-0.2, 0) is 4.79 Å². The summed E-state index contributed by atoms with van der Waals surface area (Å²) in [5.41, 5.74) is 6.11. The SMILES string of the molecule is C#CC[C@H](NC(=O)c1coc2ccccc12)C(N)=O. The first-order valence-corrected chi connectivity index (χ1v) is 5.63. The summed E-state index contributed by atoms with van der Waals surface area (Å²) in [6, 6.07) is 6.22. The molecule has 1 aromatic carbocycles. The van der Waals surface area contributed by atoms with Crippen molar-refractivity contribution in [1.29, 1.82) is 0 Å². The highest BCUT2D eigenvalue weighted by Gasteiger charge is 2.20. The van der Waals surface area contributed by atoms with Crippen LogP contribution in [0.3, 0.4) is 0 Å². The number of hydrogen-bond donors (Lipinski definition) is 2. The van der Waals surface area contributed by atoms with E-state index in [2.05, 4.69) is 11.2 Å². The molecule has 2 amide bonds. The Morgan fingerprint density at radius 1 is 1.42 bits per heavy atom. The Bertz CT molecular complexity index is 667. The highest BCUT2D eigenvalue weighted by Crippen LogP contribution is 2.20. The lowest BCUT2D eigenvalue weighted by molar-refractivity contribution is -0.119. The van der Waals surface area contributed by atoms with Crippen molar-refractivity contribution in [2.45, 2.75) is 12.5 Å². The molecular formula is C14H12N2O3. The summed E-state index contributed by atoms with van der Waals surface area (Å²) in [7, 11) is 0. The predicted octanol–water partition coefficient (Wildman–Crippen LogP) is 1.04. The molecule has 0 spiro atoms. The normalized spacial score (nSPS) is 11.7. The molecule has 1 heterocycles. The maximum Gasteiger partial charge on any atom is 0.255 e. The number of amides is 2. The number of benzene rings is 1. The summed E-state index contributed by atoms with van der Waals surface area (Å²) < 4.78 is 5.25. The van der Waals surface area contributed by atoms with Crippen molar-refractivity contribution in [1.82, 2.24) is 5.32 Å². The summed E-state index contributed by atoms with van der Waals surface area (Å²) >= 11 is 0. The number of primary amides is 1. The molecule has 1 atom stereocenters. The van der Waals surface area contributed by atoms with E-state index >= 15 is 0 Å². The first-order valence-electron chi connectivity index (χ1n) is 5.63. The molecule has 0 aliphatic heterocycles. The van der Waals surface area contributed by atoms with Gasteiger partial charge in [0.2, 0.25) is 5.91 Å². The number of furan rings is 1. The minimum Gasteiger partial charge on any atom is -0.463 e. The summed E-state index contributed by atoms with van der Waals surface area (Å²) in [5.74, 6) is 1.19. The summed E-state index contributed by atoms with van der Waals surface area (Å²) in [4.78, 5) is 23.2. The number of carbonyl (C=O) groups is 2. The third-order valence-corrected chi connectivity index (χ3v) is 2.70. The van der Waals surface area contributed by atoms with Crippen LogP contribution in [0.5, 0.6) is 0 Å². The highest BCUT2D eigenvalue weighted by atomic mass is 16.3. The van der Waals surface area contributed by atoms with E-state index in [-0.39, 0.29) is 6.42 Å². The van der Waals surface area contributed by atoms with Crippen LogP contribution in [0.15, 0.2) is 34.9 Å². The first kappa shape index (κ1) is 12.7. The third kappa shape index (κ3) is 2.58. The van der Waals surface area contributed by atoms with E-state index in [0.29, 0.717) is 16.5 Å². The number of fused-ring (bicyclic) bond motifs is 1. The zero-order chi connectivity index (χ0) is 13.8. The molecule has 0 saturated heterocycles. The zero-order valence-corrected chi connectivity index (χ0v) is 10.1. The molecule has 5 heteroatoms. The zero-order valence-electron chi connectivity index (χ0n) is 10.1. The van der Waals surface area contributed by atoms with Gasteiger partial charge in [-0.3, -0.25) is 9.59 Å². The van der Waals surface area contributed by atoms with E-state index in [9.17, 15) is 9.59 Å². The van der Waals surface area contributed by atoms with Crippen molar-refractivity contribution in [2.24, 2.45) is 5.73 Å². The molecule has 3 N–H and O–H groups in total. The van der Waals surface area contributed by atoms with E-state index in [1.54, 1.807) is 24.3 Å². The van der Waals surface area contributed by atoms with Crippen LogP contribution < -0.4 is 11.1 Å². The lowest BCUT2D eigenvalue weighted by Gasteiger charge is -2.11. The lowest BCUT2D eigenvalue weighted by atomic mass is 10.1. The summed E-state index contributed by atoms with van der Waals surface area (Å²) in [6.45, 7) is 0. The quantitative estimate of drug-likeness (QED) is 0.801. The Morgan fingerprint density at radius 3 is 2.84 bits per heavy atom. The van der Waals surface area contributed by atoms with Gasteiger partial charge in [-0.15, -0.1) is 12.3 Å². The van der Waals surface area contributed by atoms with Crippen LogP contribution in [0, 0.1) is 12.3 Å². The highest BCUT2D eigenvalue weighted by molar-refractivity contribution is 6.07. The van der Waals surface area contributed by atoms with Crippen molar-refractivity contribution in [3.63, 3.8) is 0 Å². The molecule has 2 aromatic rings. The fourth-order valence-electron chi connectivity index (χ4n) is 1.73. The van der Waals surface area contributed by atoms with Crippen LogP contribution in [-0.4, -0.2) is 17.9 Å². The lowest BCUT2D eigenvalue weighted by Crippen LogP contribution is -2.44. The van der Waals surface area contributed by atoms with E-state index in [4.69, 9.17) is 16.6 Å². The fourth-order valence-corrected chi connectivity index (χ4v) is 1.73. The number of terminal acetylenes is 1. The Hall–Kier alpha value is -2.74. The summed E-state index contributed by atoms with van der Waals surface area (Å²) in [6.07, 6.45) is 6.52. The van der Waals surface area contributed by atoms with Crippen molar-refractivity contribution in [3.8, 4) is 12.3 Å². The largest absolute Gasteiger partial charge is 0.463 e. The topological polar surface area (TPSA) is 85.3 Å². The Morgan fingerprint density at radius 2 is 2.16 bits per heavy atom. The van der Waals surface area contributed by atoms with Gasteiger partial charge in [0.25, 0.3) is 5.91 Å². The van der Waals surface area contributed by atoms with Crippen LogP contribution in [0.4, 0.5) is 0 Å². The van der Waals surface area contributed by atoms with Gasteiger partial charge in [0.1, 0.15) is 17.9 Å². The number of hydrogen-bond acceptors (Lipinski definition) is 3. The smallest absolute Gasteiger partial charge is 0.255 e. The maximum atomic E-state index is 12.1. The third-order valence-electron chi connectivity index (χ3n) is 2.70. The van der Waals surface area contributed by atoms with Crippen molar-refractivity contribution < 1.29 is 14.0 Å². The van der Waals surface area contributed by atoms with Gasteiger partial charge < -0.3 is 15.5 Å². The molecule has 0 aliphatic carbocycles. The fraction of sp³-hybridized carbons (Fsp3) is 0.143. The van der Waals surface area contributed by atoms with Crippen LogP contribution >= 0.6 is 0 Å². The molecule has 19 heavy (non-hydrogen) atoms. The second-order valence-corrected chi connectivity index (χ2v) is 3.98. The van der Waals surface area contributed by atoms with E-state index < -0.39 is 17.9 Å². The van der Waals surface area contributed by atoms with Gasteiger partial charge in [-0.05, 0) is 6.07 Å². The van der Waals surface area contributed by atoms with Gasteiger partial charge >= 0.3 is 0 Å². The molecule has 0 unspecified atom stereocenters. The Labute approximate surface area is 109 Å². The average molecular weight is 256 g/mol. The number of para-hydroxylation sites is 1. The Kier molecular flexibility index (Phi) is 3.53. The first-order chi connectivity index (χ1) is 9.13. The van der Waals surface area contributed by atoms with Crippen molar-refractivity contribution in [2.75, 3.05) is 0 Å². The molecule has 0 saturated carbocycles. The van der Waals surface area contributed by atoms with Gasteiger partial charge in [-0.2, -0.15) is 0 Å². The van der Waals surface area contributed by atoms with E-state index in [1.165, 1.54) is 6.26 Å². The van der Waals surface area contributed by atoms with E-state index in [1.807, 2.05) is 0 Å². The molecule has 0 fully saturated rings. The minimum atomic E-state index is -0.883. The van der Waals surface area contributed by atoms with Gasteiger partial charge in [0.05, 0.1) is 5.56 Å². The molecule has 1 aromatic heterocycles. The maximum absolute atomic E-state index is 12.1. The van der Waals surface area contributed by atoms with E-state index in [0.717, 1.165) is 0 Å². The van der Waals surface area contributed by atoms with Crippen molar-refractivity contribution >= 4 is 22.8 Å². The number of rotatable bonds is 4. The molecule has 5 nitrogen and oxygen atoms in total. The van der Waals surface area contributed by atoms with Gasteiger partial charge in [0.15, 0.2) is 0 Å². The Balaban J connectivity index is 2.25. The van der Waals surface area contributed by atoms with Crippen LogP contribution in [0.2, 0.25) is 0 Å². The summed E-state index contributed by atoms with van der Waals surface area (Å²) in [5, 5.41) is 3.17. The minimum absolute atomic E-state index is 0.0524. The monoisotopic (exact) mass is 256 g/mol. The van der Waals surface area contributed by atoms with Crippen LogP contribution in [0.25, 0.3) is 11.0 Å². The average Bonchev–Trinajstić information content (AvgIpc) is 2.81. The molecule has 0 bridgehead atoms. The van der Waals surface area contributed by atoms with Gasteiger partial charge in [-0.1, -0.05) is 18.2 Å². The van der Waals surface area contributed by atoms with Crippen molar-refractivity contribution in [3.05, 3.63) is 36.1 Å². The van der Waals surface area contributed by atoms with Gasteiger partial charge in [-0.25, -0.2) is 0 Å². The second kappa shape index (κ2) is 5.27. The molecule has 0 radical (unpaired) electrons. The number of carbonyl (C=O) groups excluding carboxylic acids is 2. The predicted molar refractivity (Wildman–Crippen MR) is 70.1 cm³/mol. The molecule has 2 rings (SSSR count). The van der Waals surface area contributed by atoms with Gasteiger partial charge in [0, 0.05) is 11.8 Å². The van der Waals surface area contributed by atoms with Crippen LogP contribution in [0.1, 0.15) is 16.8 Å². The second-order valence-electron chi connectivity index (χ2n) is 3.98.